The van der Waals surface area contributed by atoms with Gasteiger partial charge in [0.1, 0.15) is 6.54 Å². The van der Waals surface area contributed by atoms with Crippen molar-refractivity contribution in [2.75, 3.05) is 11.9 Å². The van der Waals surface area contributed by atoms with Crippen LogP contribution in [0, 0.1) is 18.8 Å². The molecule has 158 valence electrons. The Labute approximate surface area is 186 Å². The summed E-state index contributed by atoms with van der Waals surface area (Å²) in [5.41, 5.74) is 6.20. The van der Waals surface area contributed by atoms with Gasteiger partial charge in [-0.3, -0.25) is 19.3 Å². The Morgan fingerprint density at radius 3 is 1.75 bits per heavy atom. The molecule has 0 aromatic heterocycles. The highest BCUT2D eigenvalue weighted by molar-refractivity contribution is 6.10. The molecule has 1 saturated heterocycles. The van der Waals surface area contributed by atoms with Crippen molar-refractivity contribution in [3.8, 4) is 0 Å². The van der Waals surface area contributed by atoms with Crippen molar-refractivity contribution in [1.29, 1.82) is 0 Å². The molecule has 2 bridgehead atoms. The molecule has 2 atom stereocenters. The van der Waals surface area contributed by atoms with Crippen molar-refractivity contribution in [1.82, 2.24) is 4.90 Å². The molecule has 3 amide bonds. The zero-order valence-electron chi connectivity index (χ0n) is 17.6. The van der Waals surface area contributed by atoms with Crippen LogP contribution >= 0.6 is 0 Å². The van der Waals surface area contributed by atoms with E-state index in [0.717, 1.165) is 27.8 Å². The van der Waals surface area contributed by atoms with E-state index in [1.807, 2.05) is 49.4 Å². The summed E-state index contributed by atoms with van der Waals surface area (Å²) in [5, 5.41) is 2.82. The maximum Gasteiger partial charge on any atom is 0.244 e. The molecule has 7 rings (SSSR count). The Morgan fingerprint density at radius 1 is 0.781 bits per heavy atom. The molecule has 3 aromatic rings. The second-order valence-corrected chi connectivity index (χ2v) is 8.95. The number of nitrogens with zero attached hydrogens (tertiary/aromatic N) is 1. The van der Waals surface area contributed by atoms with Crippen LogP contribution in [0.5, 0.6) is 0 Å². The topological polar surface area (TPSA) is 66.5 Å². The number of hydrogen-bond acceptors (Lipinski definition) is 3. The number of likely N-dealkylation sites (tertiary alicyclic amines) is 1. The molecule has 1 aliphatic heterocycles. The van der Waals surface area contributed by atoms with Crippen molar-refractivity contribution >= 4 is 23.4 Å². The minimum atomic E-state index is -0.455. The predicted octanol–water partition coefficient (Wildman–Crippen LogP) is 3.83. The van der Waals surface area contributed by atoms with Gasteiger partial charge in [-0.2, -0.15) is 0 Å². The van der Waals surface area contributed by atoms with Crippen molar-refractivity contribution in [3.05, 3.63) is 101 Å². The summed E-state index contributed by atoms with van der Waals surface area (Å²) in [4.78, 5) is 41.0. The van der Waals surface area contributed by atoms with Gasteiger partial charge in [-0.25, -0.2) is 0 Å². The molecule has 1 heterocycles. The number of carbonyl (C=O) groups is 3. The first-order valence-electron chi connectivity index (χ1n) is 10.9. The number of aryl methyl sites for hydroxylation is 1. The summed E-state index contributed by atoms with van der Waals surface area (Å²) in [6.07, 6.45) is 0. The molecule has 0 unspecified atom stereocenters. The molecule has 0 spiro atoms. The summed E-state index contributed by atoms with van der Waals surface area (Å²) in [6.45, 7) is 1.68. The monoisotopic (exact) mass is 422 g/mol. The van der Waals surface area contributed by atoms with Crippen LogP contribution in [0.4, 0.5) is 5.69 Å². The predicted molar refractivity (Wildman–Crippen MR) is 120 cm³/mol. The second-order valence-electron chi connectivity index (χ2n) is 8.95. The van der Waals surface area contributed by atoms with Gasteiger partial charge in [0.2, 0.25) is 17.7 Å². The number of benzene rings is 3. The summed E-state index contributed by atoms with van der Waals surface area (Å²) < 4.78 is 0. The minimum absolute atomic E-state index is 0.154. The standard InChI is InChI=1S/C27H22N2O3/c1-15-7-6-8-16(13-15)28-21(30)14-29-26(31)24-22-17-9-2-3-10-18(17)23(25(24)27(29)32)20-12-5-4-11-19(20)22/h2-13,22-25H,14H2,1H3,(H,28,30)/t22?,23?,24-,25+. The Hall–Kier alpha value is -3.73. The number of rotatable bonds is 3. The summed E-state index contributed by atoms with van der Waals surface area (Å²) in [7, 11) is 0. The van der Waals surface area contributed by atoms with Gasteiger partial charge >= 0.3 is 0 Å². The largest absolute Gasteiger partial charge is 0.325 e. The molecule has 32 heavy (non-hydrogen) atoms. The van der Waals surface area contributed by atoms with Gasteiger partial charge in [0.25, 0.3) is 0 Å². The van der Waals surface area contributed by atoms with Crippen LogP contribution in [-0.2, 0) is 14.4 Å². The van der Waals surface area contributed by atoms with Gasteiger partial charge in [0.05, 0.1) is 11.8 Å². The summed E-state index contributed by atoms with van der Waals surface area (Å²) in [6, 6.07) is 23.7. The van der Waals surface area contributed by atoms with E-state index < -0.39 is 11.8 Å². The maximum atomic E-state index is 13.5. The lowest BCUT2D eigenvalue weighted by atomic mass is 9.55. The smallest absolute Gasteiger partial charge is 0.244 e. The van der Waals surface area contributed by atoms with Crippen LogP contribution in [0.3, 0.4) is 0 Å². The fourth-order valence-corrected chi connectivity index (χ4v) is 5.96. The second kappa shape index (κ2) is 6.89. The van der Waals surface area contributed by atoms with Crippen LogP contribution in [0.15, 0.2) is 72.8 Å². The Kier molecular flexibility index (Phi) is 4.09. The zero-order valence-corrected chi connectivity index (χ0v) is 17.6. The number of amides is 3. The van der Waals surface area contributed by atoms with Crippen molar-refractivity contribution < 1.29 is 14.4 Å². The number of imide groups is 1. The van der Waals surface area contributed by atoms with E-state index >= 15 is 0 Å². The Morgan fingerprint density at radius 2 is 1.28 bits per heavy atom. The molecule has 4 aliphatic rings. The van der Waals surface area contributed by atoms with Gasteiger partial charge in [-0.05, 0) is 46.9 Å². The highest BCUT2D eigenvalue weighted by atomic mass is 16.2. The lowest BCUT2D eigenvalue weighted by molar-refractivity contribution is -0.142. The molecule has 3 aliphatic carbocycles. The van der Waals surface area contributed by atoms with Crippen LogP contribution in [0.25, 0.3) is 0 Å². The van der Waals surface area contributed by atoms with Gasteiger partial charge in [0.15, 0.2) is 0 Å². The van der Waals surface area contributed by atoms with Crippen LogP contribution in [0.2, 0.25) is 0 Å². The van der Waals surface area contributed by atoms with E-state index in [1.54, 1.807) is 6.07 Å². The van der Waals surface area contributed by atoms with E-state index in [0.29, 0.717) is 5.69 Å². The van der Waals surface area contributed by atoms with E-state index in [9.17, 15) is 14.4 Å². The van der Waals surface area contributed by atoms with Gasteiger partial charge in [0, 0.05) is 17.5 Å². The quantitative estimate of drug-likeness (QED) is 0.653. The van der Waals surface area contributed by atoms with Gasteiger partial charge in [-0.1, -0.05) is 60.7 Å². The van der Waals surface area contributed by atoms with Crippen molar-refractivity contribution in [3.63, 3.8) is 0 Å². The van der Waals surface area contributed by atoms with Crippen LogP contribution in [0.1, 0.15) is 39.7 Å². The number of anilines is 1. The zero-order chi connectivity index (χ0) is 22.0. The Balaban J connectivity index is 1.35. The number of carbonyl (C=O) groups excluding carboxylic acids is 3. The highest BCUT2D eigenvalue weighted by Crippen LogP contribution is 2.60. The van der Waals surface area contributed by atoms with Crippen LogP contribution in [-0.4, -0.2) is 29.2 Å². The highest BCUT2D eigenvalue weighted by Gasteiger charge is 2.61. The molecule has 1 fully saturated rings. The average molecular weight is 422 g/mol. The van der Waals surface area contributed by atoms with Gasteiger partial charge in [-0.15, -0.1) is 0 Å². The minimum Gasteiger partial charge on any atom is -0.325 e. The summed E-state index contributed by atoms with van der Waals surface area (Å²) in [5.74, 6) is -2.05. The first kappa shape index (κ1) is 19.0. The van der Waals surface area contributed by atoms with Crippen LogP contribution < -0.4 is 5.32 Å². The van der Waals surface area contributed by atoms with E-state index in [2.05, 4.69) is 29.6 Å². The lowest BCUT2D eigenvalue weighted by Gasteiger charge is -2.45. The third-order valence-electron chi connectivity index (χ3n) is 7.14. The number of nitrogens with one attached hydrogen (secondary N) is 1. The lowest BCUT2D eigenvalue weighted by Crippen LogP contribution is -2.41. The molecule has 5 heteroatoms. The third-order valence-corrected chi connectivity index (χ3v) is 7.14. The first-order valence-corrected chi connectivity index (χ1v) is 10.9. The molecule has 5 nitrogen and oxygen atoms in total. The third kappa shape index (κ3) is 2.60. The molecular formula is C27H22N2O3. The molecule has 3 aromatic carbocycles. The Bertz CT molecular complexity index is 1180. The molecule has 0 radical (unpaired) electrons. The first-order chi connectivity index (χ1) is 15.5. The molecule has 1 N–H and O–H groups in total. The fraction of sp³-hybridized carbons (Fsp3) is 0.222. The molecular weight excluding hydrogens is 400 g/mol. The fourth-order valence-electron chi connectivity index (χ4n) is 5.96. The average Bonchev–Trinajstić information content (AvgIpc) is 3.04. The summed E-state index contributed by atoms with van der Waals surface area (Å²) >= 11 is 0. The molecule has 0 saturated carbocycles. The normalized spacial score (nSPS) is 24.7. The number of hydrogen-bond donors (Lipinski definition) is 1. The van der Waals surface area contributed by atoms with E-state index in [-0.39, 0.29) is 36.1 Å². The van der Waals surface area contributed by atoms with Crippen molar-refractivity contribution in [2.45, 2.75) is 18.8 Å². The van der Waals surface area contributed by atoms with E-state index in [4.69, 9.17) is 0 Å². The van der Waals surface area contributed by atoms with E-state index in [1.165, 1.54) is 4.90 Å². The van der Waals surface area contributed by atoms with Crippen molar-refractivity contribution in [2.24, 2.45) is 11.8 Å². The SMILES string of the molecule is Cc1cccc(NC(=O)CN2C(=O)[C@@H]3C4c5ccccc5C(c5ccccc54)[C@@H]3C2=O)c1. The maximum absolute atomic E-state index is 13.5. The van der Waals surface area contributed by atoms with Gasteiger partial charge < -0.3 is 5.32 Å².